The summed E-state index contributed by atoms with van der Waals surface area (Å²) in [6.07, 6.45) is 1.11. The van der Waals surface area contributed by atoms with Gasteiger partial charge in [-0.3, -0.25) is 4.79 Å². The zero-order valence-electron chi connectivity index (χ0n) is 11.9. The van der Waals surface area contributed by atoms with E-state index < -0.39 is 0 Å². The van der Waals surface area contributed by atoms with Gasteiger partial charge in [0.2, 0.25) is 5.91 Å². The molecule has 21 heavy (non-hydrogen) atoms. The molecule has 0 aliphatic rings. The molecule has 0 aliphatic heterocycles. The second-order valence-corrected chi connectivity index (χ2v) is 4.85. The molecular formula is C17H17N3O. The lowest BCUT2D eigenvalue weighted by atomic mass is 10.1. The third kappa shape index (κ3) is 3.83. The molecule has 0 unspecified atom stereocenters. The topological polar surface area (TPSA) is 70.1 Å². The summed E-state index contributed by atoms with van der Waals surface area (Å²) < 4.78 is 0. The van der Waals surface area contributed by atoms with Crippen molar-refractivity contribution >= 4 is 17.3 Å². The van der Waals surface area contributed by atoms with Crippen molar-refractivity contribution in [3.63, 3.8) is 0 Å². The number of rotatable bonds is 4. The highest BCUT2D eigenvalue weighted by atomic mass is 16.2. The van der Waals surface area contributed by atoms with E-state index in [0.29, 0.717) is 18.4 Å². The van der Waals surface area contributed by atoms with E-state index in [0.717, 1.165) is 16.9 Å². The van der Waals surface area contributed by atoms with Gasteiger partial charge in [0.25, 0.3) is 0 Å². The SMILES string of the molecule is CN(C(=O)CCc1ccc(N)cc1)c1ccc(C#N)cc1. The Morgan fingerprint density at radius 3 is 2.33 bits per heavy atom. The molecular weight excluding hydrogens is 262 g/mol. The van der Waals surface area contributed by atoms with E-state index in [4.69, 9.17) is 11.0 Å². The van der Waals surface area contributed by atoms with Crippen molar-refractivity contribution in [3.8, 4) is 6.07 Å². The molecule has 0 heterocycles. The van der Waals surface area contributed by atoms with Crippen LogP contribution in [-0.4, -0.2) is 13.0 Å². The molecule has 0 saturated heterocycles. The summed E-state index contributed by atoms with van der Waals surface area (Å²) in [6.45, 7) is 0. The van der Waals surface area contributed by atoms with E-state index in [-0.39, 0.29) is 5.91 Å². The van der Waals surface area contributed by atoms with E-state index in [2.05, 4.69) is 6.07 Å². The number of carbonyl (C=O) groups excluding carboxylic acids is 1. The molecule has 2 N–H and O–H groups in total. The largest absolute Gasteiger partial charge is 0.399 e. The first-order valence-electron chi connectivity index (χ1n) is 6.71. The Morgan fingerprint density at radius 2 is 1.76 bits per heavy atom. The number of hydrogen-bond donors (Lipinski definition) is 1. The molecule has 2 aromatic carbocycles. The van der Waals surface area contributed by atoms with Crippen LogP contribution in [0.5, 0.6) is 0 Å². The Morgan fingerprint density at radius 1 is 1.14 bits per heavy atom. The lowest BCUT2D eigenvalue weighted by molar-refractivity contribution is -0.118. The van der Waals surface area contributed by atoms with Crippen LogP contribution in [0.25, 0.3) is 0 Å². The highest BCUT2D eigenvalue weighted by Gasteiger charge is 2.10. The van der Waals surface area contributed by atoms with E-state index in [9.17, 15) is 4.79 Å². The number of aryl methyl sites for hydroxylation is 1. The van der Waals surface area contributed by atoms with Crippen molar-refractivity contribution in [2.24, 2.45) is 0 Å². The van der Waals surface area contributed by atoms with Gasteiger partial charge in [-0.05, 0) is 48.4 Å². The quantitative estimate of drug-likeness (QED) is 0.875. The summed E-state index contributed by atoms with van der Waals surface area (Å²) in [6, 6.07) is 16.6. The van der Waals surface area contributed by atoms with Gasteiger partial charge in [-0.2, -0.15) is 5.26 Å². The number of benzene rings is 2. The van der Waals surface area contributed by atoms with Crippen LogP contribution < -0.4 is 10.6 Å². The van der Waals surface area contributed by atoms with Gasteiger partial charge < -0.3 is 10.6 Å². The Kier molecular flexibility index (Phi) is 4.57. The number of nitrogens with two attached hydrogens (primary N) is 1. The van der Waals surface area contributed by atoms with Gasteiger partial charge in [0.15, 0.2) is 0 Å². The van der Waals surface area contributed by atoms with Gasteiger partial charge in [-0.15, -0.1) is 0 Å². The van der Waals surface area contributed by atoms with Crippen LogP contribution in [0.15, 0.2) is 48.5 Å². The maximum absolute atomic E-state index is 12.2. The summed E-state index contributed by atoms with van der Waals surface area (Å²) in [5, 5.41) is 8.77. The highest BCUT2D eigenvalue weighted by Crippen LogP contribution is 2.15. The van der Waals surface area contributed by atoms with Gasteiger partial charge in [0, 0.05) is 24.8 Å². The van der Waals surface area contributed by atoms with Crippen molar-refractivity contribution in [2.75, 3.05) is 17.7 Å². The fraction of sp³-hybridized carbons (Fsp3) is 0.176. The third-order valence-corrected chi connectivity index (χ3v) is 3.37. The molecule has 4 nitrogen and oxygen atoms in total. The molecule has 106 valence electrons. The zero-order valence-corrected chi connectivity index (χ0v) is 11.9. The molecule has 0 bridgehead atoms. The summed E-state index contributed by atoms with van der Waals surface area (Å²) in [4.78, 5) is 13.8. The minimum absolute atomic E-state index is 0.0385. The first-order valence-corrected chi connectivity index (χ1v) is 6.71. The maximum atomic E-state index is 12.2. The maximum Gasteiger partial charge on any atom is 0.227 e. The molecule has 0 aromatic heterocycles. The summed E-state index contributed by atoms with van der Waals surface area (Å²) in [5.41, 5.74) is 8.82. The average molecular weight is 279 g/mol. The van der Waals surface area contributed by atoms with Crippen molar-refractivity contribution in [2.45, 2.75) is 12.8 Å². The van der Waals surface area contributed by atoms with Crippen LogP contribution in [-0.2, 0) is 11.2 Å². The van der Waals surface area contributed by atoms with E-state index >= 15 is 0 Å². The fourth-order valence-corrected chi connectivity index (χ4v) is 2.01. The molecule has 4 heteroatoms. The lowest BCUT2D eigenvalue weighted by Crippen LogP contribution is -2.26. The zero-order chi connectivity index (χ0) is 15.2. The standard InChI is InChI=1S/C17H17N3O/c1-20(16-9-4-14(12-18)5-10-16)17(21)11-6-13-2-7-15(19)8-3-13/h2-5,7-10H,6,11,19H2,1H3. The number of nitriles is 1. The van der Waals surface area contributed by atoms with Crippen molar-refractivity contribution in [3.05, 3.63) is 59.7 Å². The first kappa shape index (κ1) is 14.6. The normalized spacial score (nSPS) is 9.90. The minimum atomic E-state index is 0.0385. The predicted octanol–water partition coefficient (Wildman–Crippen LogP) is 2.74. The molecule has 0 saturated carbocycles. The monoisotopic (exact) mass is 279 g/mol. The number of nitrogens with zero attached hydrogens (tertiary/aromatic N) is 2. The number of hydrogen-bond acceptors (Lipinski definition) is 3. The third-order valence-electron chi connectivity index (χ3n) is 3.37. The Labute approximate surface area is 124 Å². The van der Waals surface area contributed by atoms with E-state index in [1.54, 1.807) is 36.2 Å². The highest BCUT2D eigenvalue weighted by molar-refractivity contribution is 5.92. The van der Waals surface area contributed by atoms with Crippen molar-refractivity contribution < 1.29 is 4.79 Å². The van der Waals surface area contributed by atoms with Crippen molar-refractivity contribution in [1.29, 1.82) is 5.26 Å². The van der Waals surface area contributed by atoms with Gasteiger partial charge >= 0.3 is 0 Å². The van der Waals surface area contributed by atoms with Gasteiger partial charge in [-0.25, -0.2) is 0 Å². The molecule has 2 aromatic rings. The Bertz CT molecular complexity index is 654. The summed E-state index contributed by atoms with van der Waals surface area (Å²) in [5.74, 6) is 0.0385. The molecule has 0 spiro atoms. The number of nitrogen functional groups attached to an aromatic ring is 1. The Hall–Kier alpha value is -2.80. The van der Waals surface area contributed by atoms with Crippen LogP contribution >= 0.6 is 0 Å². The van der Waals surface area contributed by atoms with Crippen LogP contribution in [0.2, 0.25) is 0 Å². The van der Waals surface area contributed by atoms with Crippen LogP contribution in [0, 0.1) is 11.3 Å². The van der Waals surface area contributed by atoms with Crippen LogP contribution in [0.4, 0.5) is 11.4 Å². The summed E-state index contributed by atoms with van der Waals surface area (Å²) in [7, 11) is 1.74. The number of carbonyl (C=O) groups is 1. The smallest absolute Gasteiger partial charge is 0.227 e. The van der Waals surface area contributed by atoms with Crippen LogP contribution in [0.3, 0.4) is 0 Å². The first-order chi connectivity index (χ1) is 10.1. The minimum Gasteiger partial charge on any atom is -0.399 e. The number of anilines is 2. The van der Waals surface area contributed by atoms with Gasteiger partial charge in [-0.1, -0.05) is 12.1 Å². The second kappa shape index (κ2) is 6.58. The van der Waals surface area contributed by atoms with Gasteiger partial charge in [0.05, 0.1) is 11.6 Å². The second-order valence-electron chi connectivity index (χ2n) is 4.85. The fourth-order valence-electron chi connectivity index (χ4n) is 2.01. The molecule has 0 aliphatic carbocycles. The number of amides is 1. The van der Waals surface area contributed by atoms with Crippen LogP contribution in [0.1, 0.15) is 17.5 Å². The molecule has 1 amide bonds. The van der Waals surface area contributed by atoms with E-state index in [1.165, 1.54) is 0 Å². The Balaban J connectivity index is 1.95. The lowest BCUT2D eigenvalue weighted by Gasteiger charge is -2.17. The predicted molar refractivity (Wildman–Crippen MR) is 83.7 cm³/mol. The van der Waals surface area contributed by atoms with Crippen molar-refractivity contribution in [1.82, 2.24) is 0 Å². The average Bonchev–Trinajstić information content (AvgIpc) is 2.53. The molecule has 0 fully saturated rings. The molecule has 0 atom stereocenters. The molecule has 2 rings (SSSR count). The summed E-state index contributed by atoms with van der Waals surface area (Å²) >= 11 is 0. The molecule has 0 radical (unpaired) electrons. The van der Waals surface area contributed by atoms with E-state index in [1.807, 2.05) is 24.3 Å². The van der Waals surface area contributed by atoms with Gasteiger partial charge in [0.1, 0.15) is 0 Å².